The SMILES string of the molecule is CCCOC(=O)CCC(=O)OCC[N+](C)(C)C.[I-]. The van der Waals surface area contributed by atoms with E-state index < -0.39 is 0 Å². The lowest BCUT2D eigenvalue weighted by Gasteiger charge is -2.23. The molecule has 0 saturated carbocycles. The van der Waals surface area contributed by atoms with E-state index in [-0.39, 0.29) is 48.8 Å². The molecule has 0 bridgehead atoms. The van der Waals surface area contributed by atoms with E-state index in [0.29, 0.717) is 13.2 Å². The van der Waals surface area contributed by atoms with Crippen molar-refractivity contribution >= 4 is 11.9 Å². The van der Waals surface area contributed by atoms with E-state index in [4.69, 9.17) is 9.47 Å². The van der Waals surface area contributed by atoms with E-state index in [1.54, 1.807) is 0 Å². The molecule has 0 saturated heterocycles. The quantitative estimate of drug-likeness (QED) is 0.280. The molecule has 6 heteroatoms. The molecule has 0 atom stereocenters. The molecule has 0 aromatic heterocycles. The van der Waals surface area contributed by atoms with E-state index in [9.17, 15) is 9.59 Å². The summed E-state index contributed by atoms with van der Waals surface area (Å²) in [6, 6.07) is 0. The topological polar surface area (TPSA) is 52.6 Å². The average molecular weight is 373 g/mol. The summed E-state index contributed by atoms with van der Waals surface area (Å²) in [7, 11) is 6.07. The normalized spacial score (nSPS) is 10.4. The summed E-state index contributed by atoms with van der Waals surface area (Å²) in [5.74, 6) is -0.678. The van der Waals surface area contributed by atoms with Crippen molar-refractivity contribution in [2.75, 3.05) is 40.9 Å². The minimum atomic E-state index is -0.341. The van der Waals surface area contributed by atoms with E-state index >= 15 is 0 Å². The zero-order valence-electron chi connectivity index (χ0n) is 11.7. The number of halogens is 1. The second-order valence-electron chi connectivity index (χ2n) is 4.95. The summed E-state index contributed by atoms with van der Waals surface area (Å²) in [6.07, 6.45) is 0.989. The Hall–Kier alpha value is -0.370. The first-order valence-electron chi connectivity index (χ1n) is 5.97. The van der Waals surface area contributed by atoms with Gasteiger partial charge in [-0.15, -0.1) is 0 Å². The molecule has 5 nitrogen and oxygen atoms in total. The Morgan fingerprint density at radius 3 is 1.78 bits per heavy atom. The molecule has 0 aliphatic rings. The van der Waals surface area contributed by atoms with Crippen LogP contribution in [0.25, 0.3) is 0 Å². The number of carbonyl (C=O) groups excluding carboxylic acids is 2. The number of carbonyl (C=O) groups is 2. The van der Waals surface area contributed by atoms with Crippen LogP contribution in [0.1, 0.15) is 26.2 Å². The van der Waals surface area contributed by atoms with E-state index in [2.05, 4.69) is 0 Å². The Bertz CT molecular complexity index is 251. The highest BCUT2D eigenvalue weighted by Crippen LogP contribution is 1.98. The Balaban J connectivity index is 0. The largest absolute Gasteiger partial charge is 1.00 e. The predicted octanol–water partition coefficient (Wildman–Crippen LogP) is -2.03. The third kappa shape index (κ3) is 13.7. The molecule has 0 aromatic rings. The maximum absolute atomic E-state index is 11.3. The minimum Gasteiger partial charge on any atom is -1.00 e. The lowest BCUT2D eigenvalue weighted by Crippen LogP contribution is -3.00. The van der Waals surface area contributed by atoms with Gasteiger partial charge < -0.3 is 37.9 Å². The number of ether oxygens (including phenoxy) is 2. The van der Waals surface area contributed by atoms with Crippen LogP contribution in [0.5, 0.6) is 0 Å². The fourth-order valence-corrected chi connectivity index (χ4v) is 0.998. The van der Waals surface area contributed by atoms with Crippen LogP contribution in [-0.2, 0) is 19.1 Å². The monoisotopic (exact) mass is 373 g/mol. The molecule has 0 spiro atoms. The molecule has 0 heterocycles. The number of hydrogen-bond acceptors (Lipinski definition) is 4. The summed E-state index contributed by atoms with van der Waals surface area (Å²) < 4.78 is 10.6. The first-order valence-corrected chi connectivity index (χ1v) is 5.97. The van der Waals surface area contributed by atoms with Crippen LogP contribution >= 0.6 is 0 Å². The van der Waals surface area contributed by atoms with Crippen molar-refractivity contribution in [1.82, 2.24) is 0 Å². The van der Waals surface area contributed by atoms with Crippen molar-refractivity contribution in [3.8, 4) is 0 Å². The molecule has 0 amide bonds. The molecule has 0 N–H and O–H groups in total. The first-order chi connectivity index (χ1) is 7.85. The second kappa shape index (κ2) is 10.5. The van der Waals surface area contributed by atoms with Gasteiger partial charge in [-0.05, 0) is 6.42 Å². The van der Waals surface area contributed by atoms with Crippen LogP contribution in [0.3, 0.4) is 0 Å². The molecule has 0 aliphatic heterocycles. The number of quaternary nitrogens is 1. The van der Waals surface area contributed by atoms with Crippen molar-refractivity contribution in [2.45, 2.75) is 26.2 Å². The Kier molecular flexibility index (Phi) is 11.7. The van der Waals surface area contributed by atoms with E-state index in [1.165, 1.54) is 0 Å². The molecule has 0 aliphatic carbocycles. The number of likely N-dealkylation sites (N-methyl/N-ethyl adjacent to an activating group) is 1. The van der Waals surface area contributed by atoms with Gasteiger partial charge in [0, 0.05) is 0 Å². The highest BCUT2D eigenvalue weighted by atomic mass is 127. The number of hydrogen-bond donors (Lipinski definition) is 0. The van der Waals surface area contributed by atoms with Crippen LogP contribution in [0, 0.1) is 0 Å². The summed E-state index contributed by atoms with van der Waals surface area (Å²) >= 11 is 0. The fourth-order valence-electron chi connectivity index (χ4n) is 0.998. The fraction of sp³-hybridized carbons (Fsp3) is 0.833. The average Bonchev–Trinajstić information content (AvgIpc) is 2.21. The lowest BCUT2D eigenvalue weighted by molar-refractivity contribution is -0.870. The van der Waals surface area contributed by atoms with Crippen molar-refractivity contribution in [2.24, 2.45) is 0 Å². The molecule has 18 heavy (non-hydrogen) atoms. The van der Waals surface area contributed by atoms with Crippen LogP contribution in [-0.4, -0.2) is 57.3 Å². The number of nitrogens with zero attached hydrogens (tertiary/aromatic N) is 1. The van der Waals surface area contributed by atoms with E-state index in [0.717, 1.165) is 17.4 Å². The van der Waals surface area contributed by atoms with Gasteiger partial charge >= 0.3 is 11.9 Å². The van der Waals surface area contributed by atoms with Gasteiger partial charge in [0.25, 0.3) is 0 Å². The molecule has 0 radical (unpaired) electrons. The van der Waals surface area contributed by atoms with Crippen molar-refractivity contribution in [3.63, 3.8) is 0 Å². The molecule has 0 fully saturated rings. The van der Waals surface area contributed by atoms with Gasteiger partial charge in [0.1, 0.15) is 13.2 Å². The predicted molar refractivity (Wildman–Crippen MR) is 64.3 cm³/mol. The van der Waals surface area contributed by atoms with Crippen LogP contribution < -0.4 is 24.0 Å². The number of esters is 2. The Labute approximate surface area is 126 Å². The van der Waals surface area contributed by atoms with Crippen LogP contribution in [0.2, 0.25) is 0 Å². The third-order valence-electron chi connectivity index (χ3n) is 2.03. The summed E-state index contributed by atoms with van der Waals surface area (Å²) in [4.78, 5) is 22.4. The van der Waals surface area contributed by atoms with Gasteiger partial charge in [0.2, 0.25) is 0 Å². The van der Waals surface area contributed by atoms with Crippen LogP contribution in [0.4, 0.5) is 0 Å². The van der Waals surface area contributed by atoms with Crippen LogP contribution in [0.15, 0.2) is 0 Å². The Morgan fingerprint density at radius 2 is 1.39 bits per heavy atom. The number of rotatable bonds is 8. The summed E-state index contributed by atoms with van der Waals surface area (Å²) in [5, 5.41) is 0. The van der Waals surface area contributed by atoms with Crippen molar-refractivity contribution in [1.29, 1.82) is 0 Å². The van der Waals surface area contributed by atoms with Gasteiger partial charge in [-0.25, -0.2) is 0 Å². The minimum absolute atomic E-state index is 0. The third-order valence-corrected chi connectivity index (χ3v) is 2.03. The summed E-state index contributed by atoms with van der Waals surface area (Å²) in [6.45, 7) is 3.47. The zero-order valence-corrected chi connectivity index (χ0v) is 13.9. The summed E-state index contributed by atoms with van der Waals surface area (Å²) in [5.41, 5.74) is 0. The van der Waals surface area contributed by atoms with E-state index in [1.807, 2.05) is 28.1 Å². The molecule has 0 rings (SSSR count). The van der Waals surface area contributed by atoms with Gasteiger partial charge in [0.05, 0.1) is 40.6 Å². The van der Waals surface area contributed by atoms with Gasteiger partial charge in [0.15, 0.2) is 0 Å². The van der Waals surface area contributed by atoms with Gasteiger partial charge in [-0.1, -0.05) is 6.92 Å². The standard InChI is InChI=1S/C12H24NO4.HI/c1-5-9-16-11(14)6-7-12(15)17-10-8-13(2,3)4;/h5-10H2,1-4H3;1H/q+1;/p-1. The molecule has 0 unspecified atom stereocenters. The highest BCUT2D eigenvalue weighted by Gasteiger charge is 2.11. The molecular weight excluding hydrogens is 349 g/mol. The smallest absolute Gasteiger partial charge is 0.306 e. The molecular formula is C12H24INO4. The zero-order chi connectivity index (χ0) is 13.3. The maximum Gasteiger partial charge on any atom is 0.306 e. The highest BCUT2D eigenvalue weighted by molar-refractivity contribution is 5.77. The van der Waals surface area contributed by atoms with Crippen molar-refractivity contribution < 1.29 is 47.5 Å². The maximum atomic E-state index is 11.3. The molecule has 108 valence electrons. The first kappa shape index (κ1) is 20.0. The second-order valence-corrected chi connectivity index (χ2v) is 4.95. The van der Waals surface area contributed by atoms with Gasteiger partial charge in [-0.3, -0.25) is 9.59 Å². The van der Waals surface area contributed by atoms with Gasteiger partial charge in [-0.2, -0.15) is 0 Å². The molecule has 0 aromatic carbocycles. The Morgan fingerprint density at radius 1 is 0.944 bits per heavy atom. The lowest BCUT2D eigenvalue weighted by atomic mass is 10.3. The van der Waals surface area contributed by atoms with Crippen molar-refractivity contribution in [3.05, 3.63) is 0 Å².